The molecule has 1 unspecified atom stereocenters. The Morgan fingerprint density at radius 2 is 1.68 bits per heavy atom. The van der Waals surface area contributed by atoms with Crippen molar-refractivity contribution in [1.29, 1.82) is 0 Å². The molecule has 1 atom stereocenters. The summed E-state index contributed by atoms with van der Waals surface area (Å²) in [6.07, 6.45) is 0. The van der Waals surface area contributed by atoms with Crippen molar-refractivity contribution in [2.24, 2.45) is 5.92 Å². The first kappa shape index (κ1) is 15.7. The Balaban J connectivity index is 2.40. The third-order valence-corrected chi connectivity index (χ3v) is 3.29. The van der Waals surface area contributed by atoms with Gasteiger partial charge < -0.3 is 10.0 Å². The van der Waals surface area contributed by atoms with E-state index >= 15 is 0 Å². The van der Waals surface area contributed by atoms with E-state index in [2.05, 4.69) is 0 Å². The molecule has 0 bridgehead atoms. The zero-order chi connectivity index (χ0) is 16.1. The van der Waals surface area contributed by atoms with Crippen LogP contribution in [0.1, 0.15) is 17.3 Å². The van der Waals surface area contributed by atoms with Crippen LogP contribution in [-0.4, -0.2) is 23.5 Å². The monoisotopic (exact) mass is 301 g/mol. The number of benzene rings is 2. The van der Waals surface area contributed by atoms with Crippen LogP contribution in [0.4, 0.5) is 10.1 Å². The Morgan fingerprint density at radius 3 is 2.27 bits per heavy atom. The molecule has 0 spiro atoms. The largest absolute Gasteiger partial charge is 0.481 e. The highest BCUT2D eigenvalue weighted by molar-refractivity contribution is 6.06. The molecule has 0 aromatic heterocycles. The number of rotatable bonds is 5. The predicted octanol–water partition coefficient (Wildman–Crippen LogP) is 3.19. The van der Waals surface area contributed by atoms with E-state index in [-0.39, 0.29) is 12.2 Å². The van der Waals surface area contributed by atoms with Crippen molar-refractivity contribution in [1.82, 2.24) is 0 Å². The number of carbonyl (C=O) groups is 2. The molecular formula is C17H16FNO3. The van der Waals surface area contributed by atoms with Crippen LogP contribution in [0, 0.1) is 11.7 Å². The van der Waals surface area contributed by atoms with Gasteiger partial charge in [0.05, 0.1) is 11.6 Å². The summed E-state index contributed by atoms with van der Waals surface area (Å²) in [5.41, 5.74) is 0.452. The molecule has 0 aliphatic heterocycles. The highest BCUT2D eigenvalue weighted by Gasteiger charge is 2.24. The summed E-state index contributed by atoms with van der Waals surface area (Å²) >= 11 is 0. The van der Waals surface area contributed by atoms with Crippen molar-refractivity contribution in [3.63, 3.8) is 0 Å². The molecule has 0 aliphatic rings. The number of carbonyl (C=O) groups excluding carboxylic acids is 1. The van der Waals surface area contributed by atoms with Gasteiger partial charge in [-0.3, -0.25) is 9.59 Å². The summed E-state index contributed by atoms with van der Waals surface area (Å²) in [5, 5.41) is 9.07. The summed E-state index contributed by atoms with van der Waals surface area (Å²) in [6, 6.07) is 14.2. The molecule has 0 heterocycles. The highest BCUT2D eigenvalue weighted by Crippen LogP contribution is 2.22. The number of hydrogen-bond donors (Lipinski definition) is 1. The number of nitrogens with zero attached hydrogens (tertiary/aromatic N) is 1. The second kappa shape index (κ2) is 6.85. The fraction of sp³-hybridized carbons (Fsp3) is 0.176. The van der Waals surface area contributed by atoms with E-state index < -0.39 is 23.6 Å². The van der Waals surface area contributed by atoms with E-state index in [4.69, 9.17) is 5.11 Å². The number of carboxylic acids is 1. The molecule has 0 saturated heterocycles. The van der Waals surface area contributed by atoms with Crippen molar-refractivity contribution >= 4 is 17.6 Å². The summed E-state index contributed by atoms with van der Waals surface area (Å²) in [7, 11) is 0. The quantitative estimate of drug-likeness (QED) is 0.922. The summed E-state index contributed by atoms with van der Waals surface area (Å²) < 4.78 is 14.0. The lowest BCUT2D eigenvalue weighted by atomic mass is 10.1. The van der Waals surface area contributed by atoms with E-state index in [0.29, 0.717) is 5.56 Å². The maximum atomic E-state index is 14.0. The number of hydrogen-bond acceptors (Lipinski definition) is 2. The number of anilines is 1. The Labute approximate surface area is 127 Å². The third kappa shape index (κ3) is 3.49. The van der Waals surface area contributed by atoms with Crippen LogP contribution in [0.2, 0.25) is 0 Å². The molecular weight excluding hydrogens is 285 g/mol. The molecule has 5 heteroatoms. The third-order valence-electron chi connectivity index (χ3n) is 3.29. The van der Waals surface area contributed by atoms with Crippen LogP contribution in [0.25, 0.3) is 0 Å². The fourth-order valence-electron chi connectivity index (χ4n) is 2.05. The van der Waals surface area contributed by atoms with Gasteiger partial charge in [0.1, 0.15) is 5.82 Å². The van der Waals surface area contributed by atoms with Gasteiger partial charge in [0.25, 0.3) is 5.91 Å². The normalized spacial score (nSPS) is 11.7. The average Bonchev–Trinajstić information content (AvgIpc) is 2.53. The van der Waals surface area contributed by atoms with Crippen LogP contribution in [0.3, 0.4) is 0 Å². The van der Waals surface area contributed by atoms with Gasteiger partial charge in [-0.05, 0) is 24.3 Å². The zero-order valence-corrected chi connectivity index (χ0v) is 12.1. The molecule has 1 N–H and O–H groups in total. The van der Waals surface area contributed by atoms with Crippen molar-refractivity contribution in [3.8, 4) is 0 Å². The SMILES string of the molecule is CC(CN(C(=O)c1ccccc1)c1ccccc1F)C(=O)O. The topological polar surface area (TPSA) is 57.6 Å². The molecule has 0 radical (unpaired) electrons. The molecule has 2 aromatic rings. The molecule has 0 fully saturated rings. The molecule has 114 valence electrons. The van der Waals surface area contributed by atoms with Gasteiger partial charge >= 0.3 is 5.97 Å². The predicted molar refractivity (Wildman–Crippen MR) is 81.3 cm³/mol. The molecule has 4 nitrogen and oxygen atoms in total. The number of carboxylic acid groups (broad SMARTS) is 1. The lowest BCUT2D eigenvalue weighted by Crippen LogP contribution is -2.37. The maximum Gasteiger partial charge on any atom is 0.308 e. The zero-order valence-electron chi connectivity index (χ0n) is 12.1. The Kier molecular flexibility index (Phi) is 4.88. The first-order valence-electron chi connectivity index (χ1n) is 6.85. The van der Waals surface area contributed by atoms with Crippen LogP contribution in [0.5, 0.6) is 0 Å². The van der Waals surface area contributed by atoms with Gasteiger partial charge in [-0.2, -0.15) is 0 Å². The van der Waals surface area contributed by atoms with Crippen LogP contribution in [0.15, 0.2) is 54.6 Å². The van der Waals surface area contributed by atoms with E-state index in [1.807, 2.05) is 0 Å². The van der Waals surface area contributed by atoms with E-state index in [1.165, 1.54) is 30.0 Å². The molecule has 2 aromatic carbocycles. The minimum atomic E-state index is -1.04. The molecule has 0 aliphatic carbocycles. The van der Waals surface area contributed by atoms with Gasteiger partial charge in [-0.15, -0.1) is 0 Å². The Bertz CT molecular complexity index is 673. The van der Waals surface area contributed by atoms with Gasteiger partial charge in [-0.25, -0.2) is 4.39 Å². The highest BCUT2D eigenvalue weighted by atomic mass is 19.1. The molecule has 2 rings (SSSR count). The Morgan fingerprint density at radius 1 is 1.09 bits per heavy atom. The number of halogens is 1. The lowest BCUT2D eigenvalue weighted by molar-refractivity contribution is -0.140. The van der Waals surface area contributed by atoms with Crippen LogP contribution in [-0.2, 0) is 4.79 Å². The standard InChI is InChI=1S/C17H16FNO3/c1-12(17(21)22)11-19(15-10-6-5-9-14(15)18)16(20)13-7-3-2-4-8-13/h2-10,12H,11H2,1H3,(H,21,22). The van der Waals surface area contributed by atoms with Crippen molar-refractivity contribution in [2.45, 2.75) is 6.92 Å². The summed E-state index contributed by atoms with van der Waals surface area (Å²) in [5.74, 6) is -2.85. The van der Waals surface area contributed by atoms with Crippen LogP contribution < -0.4 is 4.90 Å². The van der Waals surface area contributed by atoms with E-state index in [1.54, 1.807) is 36.4 Å². The Hall–Kier alpha value is -2.69. The fourth-order valence-corrected chi connectivity index (χ4v) is 2.05. The van der Waals surface area contributed by atoms with Crippen molar-refractivity contribution < 1.29 is 19.1 Å². The summed E-state index contributed by atoms with van der Waals surface area (Å²) in [4.78, 5) is 24.9. The minimum absolute atomic E-state index is 0.0736. The van der Waals surface area contributed by atoms with Gasteiger partial charge in [0.2, 0.25) is 0 Å². The van der Waals surface area contributed by atoms with Crippen molar-refractivity contribution in [3.05, 3.63) is 66.0 Å². The lowest BCUT2D eigenvalue weighted by Gasteiger charge is -2.25. The smallest absolute Gasteiger partial charge is 0.308 e. The van der Waals surface area contributed by atoms with Gasteiger partial charge in [0, 0.05) is 12.1 Å². The first-order valence-corrected chi connectivity index (χ1v) is 6.85. The number of aliphatic carboxylic acids is 1. The van der Waals surface area contributed by atoms with Gasteiger partial charge in [0.15, 0.2) is 0 Å². The maximum absolute atomic E-state index is 14.0. The minimum Gasteiger partial charge on any atom is -0.481 e. The van der Waals surface area contributed by atoms with Gasteiger partial charge in [-0.1, -0.05) is 37.3 Å². The number of para-hydroxylation sites is 1. The second-order valence-corrected chi connectivity index (χ2v) is 4.97. The number of amides is 1. The molecule has 1 amide bonds. The van der Waals surface area contributed by atoms with Crippen LogP contribution >= 0.6 is 0 Å². The second-order valence-electron chi connectivity index (χ2n) is 4.97. The van der Waals surface area contributed by atoms with Crippen molar-refractivity contribution in [2.75, 3.05) is 11.4 Å². The summed E-state index contributed by atoms with van der Waals surface area (Å²) in [6.45, 7) is 1.37. The molecule has 22 heavy (non-hydrogen) atoms. The average molecular weight is 301 g/mol. The van der Waals surface area contributed by atoms with E-state index in [9.17, 15) is 14.0 Å². The molecule has 0 saturated carbocycles. The first-order chi connectivity index (χ1) is 10.5. The van der Waals surface area contributed by atoms with E-state index in [0.717, 1.165) is 0 Å².